The van der Waals surface area contributed by atoms with Gasteiger partial charge in [-0.25, -0.2) is 5.84 Å². The second kappa shape index (κ2) is 7.13. The normalized spacial score (nSPS) is 11.0. The summed E-state index contributed by atoms with van der Waals surface area (Å²) in [5, 5.41) is 1.13. The van der Waals surface area contributed by atoms with E-state index in [1.165, 1.54) is 0 Å². The van der Waals surface area contributed by atoms with Crippen molar-refractivity contribution in [1.29, 1.82) is 0 Å². The Labute approximate surface area is 125 Å². The molecule has 2 rings (SSSR count). The van der Waals surface area contributed by atoms with E-state index in [1.54, 1.807) is 0 Å². The van der Waals surface area contributed by atoms with Crippen molar-refractivity contribution in [3.05, 3.63) is 30.5 Å². The molecule has 0 unspecified atom stereocenters. The van der Waals surface area contributed by atoms with Gasteiger partial charge >= 0.3 is 0 Å². The number of hydrazine groups is 1. The minimum Gasteiger partial charge on any atom is -0.490 e. The van der Waals surface area contributed by atoms with E-state index in [9.17, 15) is 4.79 Å². The molecule has 5 nitrogen and oxygen atoms in total. The van der Waals surface area contributed by atoms with Crippen LogP contribution in [0.15, 0.2) is 30.5 Å². The van der Waals surface area contributed by atoms with E-state index in [4.69, 9.17) is 10.6 Å². The van der Waals surface area contributed by atoms with Crippen molar-refractivity contribution in [1.82, 2.24) is 9.99 Å². The molecular formula is C16H23N3O2. The first-order chi connectivity index (χ1) is 10.1. The van der Waals surface area contributed by atoms with Crippen LogP contribution in [0.4, 0.5) is 0 Å². The van der Waals surface area contributed by atoms with Crippen molar-refractivity contribution >= 4 is 16.8 Å². The topological polar surface area (TPSA) is 69.3 Å². The number of carbonyl (C=O) groups excluding carboxylic acids is 1. The molecule has 0 radical (unpaired) electrons. The second-order valence-electron chi connectivity index (χ2n) is 5.39. The van der Waals surface area contributed by atoms with Crippen LogP contribution < -0.4 is 16.0 Å². The molecule has 0 bridgehead atoms. The Morgan fingerprint density at radius 1 is 1.33 bits per heavy atom. The fourth-order valence-electron chi connectivity index (χ4n) is 2.39. The molecule has 21 heavy (non-hydrogen) atoms. The maximum Gasteiger partial charge on any atom is 0.233 e. The second-order valence-corrected chi connectivity index (χ2v) is 5.39. The molecule has 0 saturated carbocycles. The number of rotatable bonds is 7. The lowest BCUT2D eigenvalue weighted by atomic mass is 10.2. The lowest BCUT2D eigenvalue weighted by molar-refractivity contribution is -0.121. The van der Waals surface area contributed by atoms with E-state index in [2.05, 4.69) is 28.3 Å². The predicted molar refractivity (Wildman–Crippen MR) is 83.9 cm³/mol. The SMILES string of the molecule is CC(C)Oc1cccc2c1ccn2CCCCC(=O)NN. The highest BCUT2D eigenvalue weighted by Gasteiger charge is 2.08. The Morgan fingerprint density at radius 3 is 2.86 bits per heavy atom. The number of benzene rings is 1. The molecule has 0 atom stereocenters. The third kappa shape index (κ3) is 3.98. The van der Waals surface area contributed by atoms with Gasteiger partial charge < -0.3 is 9.30 Å². The van der Waals surface area contributed by atoms with Crippen molar-refractivity contribution in [3.8, 4) is 5.75 Å². The number of fused-ring (bicyclic) bond motifs is 1. The summed E-state index contributed by atoms with van der Waals surface area (Å²) in [7, 11) is 0. The molecule has 1 aromatic heterocycles. The Bertz CT molecular complexity index is 605. The standard InChI is InChI=1S/C16H23N3O2/c1-12(2)21-15-7-5-6-14-13(15)9-11-19(14)10-4-3-8-16(20)18-17/h5-7,9,11-12H,3-4,8,10,17H2,1-2H3,(H,18,20). The third-order valence-corrected chi connectivity index (χ3v) is 3.35. The number of nitrogens with one attached hydrogen (secondary N) is 1. The summed E-state index contributed by atoms with van der Waals surface area (Å²) in [5.41, 5.74) is 3.31. The summed E-state index contributed by atoms with van der Waals surface area (Å²) in [4.78, 5) is 11.1. The highest BCUT2D eigenvalue weighted by molar-refractivity contribution is 5.86. The number of hydrogen-bond donors (Lipinski definition) is 2. The first kappa shape index (κ1) is 15.4. The van der Waals surface area contributed by atoms with E-state index >= 15 is 0 Å². The summed E-state index contributed by atoms with van der Waals surface area (Å²) in [5.74, 6) is 5.87. The van der Waals surface area contributed by atoms with Crippen molar-refractivity contribution in [3.63, 3.8) is 0 Å². The van der Waals surface area contributed by atoms with Crippen molar-refractivity contribution in [2.75, 3.05) is 0 Å². The molecule has 0 spiro atoms. The minimum absolute atomic E-state index is 0.111. The number of aryl methyl sites for hydroxylation is 1. The zero-order valence-corrected chi connectivity index (χ0v) is 12.6. The molecule has 1 aromatic carbocycles. The average Bonchev–Trinajstić information content (AvgIpc) is 2.87. The first-order valence-electron chi connectivity index (χ1n) is 7.35. The van der Waals surface area contributed by atoms with E-state index in [-0.39, 0.29) is 12.0 Å². The summed E-state index contributed by atoms with van der Waals surface area (Å²) >= 11 is 0. The predicted octanol–water partition coefficient (Wildman–Crippen LogP) is 2.59. The van der Waals surface area contributed by atoms with Gasteiger partial charge in [-0.2, -0.15) is 0 Å². The molecule has 114 valence electrons. The number of unbranched alkanes of at least 4 members (excludes halogenated alkanes) is 1. The van der Waals surface area contributed by atoms with Crippen LogP contribution >= 0.6 is 0 Å². The Balaban J connectivity index is 2.03. The molecule has 0 fully saturated rings. The number of aromatic nitrogens is 1. The van der Waals surface area contributed by atoms with Crippen LogP contribution in [0.3, 0.4) is 0 Å². The Hall–Kier alpha value is -2.01. The maximum absolute atomic E-state index is 11.1. The van der Waals surface area contributed by atoms with Gasteiger partial charge in [0.2, 0.25) is 5.91 Å². The van der Waals surface area contributed by atoms with Gasteiger partial charge in [0.05, 0.1) is 11.6 Å². The van der Waals surface area contributed by atoms with Crippen LogP contribution in [0.5, 0.6) is 5.75 Å². The van der Waals surface area contributed by atoms with Gasteiger partial charge in [-0.05, 0) is 44.9 Å². The number of amides is 1. The molecule has 0 saturated heterocycles. The number of nitrogens with two attached hydrogens (primary N) is 1. The lowest BCUT2D eigenvalue weighted by Crippen LogP contribution is -2.29. The van der Waals surface area contributed by atoms with Gasteiger partial charge in [0.25, 0.3) is 0 Å². The zero-order chi connectivity index (χ0) is 15.2. The molecule has 5 heteroatoms. The van der Waals surface area contributed by atoms with E-state index in [1.807, 2.05) is 26.0 Å². The quantitative estimate of drug-likeness (QED) is 0.356. The molecule has 1 amide bonds. The molecule has 2 aromatic rings. The largest absolute Gasteiger partial charge is 0.490 e. The zero-order valence-electron chi connectivity index (χ0n) is 12.6. The Morgan fingerprint density at radius 2 is 2.14 bits per heavy atom. The number of nitrogens with zero attached hydrogens (tertiary/aromatic N) is 1. The average molecular weight is 289 g/mol. The lowest BCUT2D eigenvalue weighted by Gasteiger charge is -2.11. The summed E-state index contributed by atoms with van der Waals surface area (Å²) in [6, 6.07) is 8.19. The van der Waals surface area contributed by atoms with Crippen molar-refractivity contribution in [2.45, 2.75) is 45.8 Å². The van der Waals surface area contributed by atoms with Gasteiger partial charge in [-0.15, -0.1) is 0 Å². The highest BCUT2D eigenvalue weighted by Crippen LogP contribution is 2.27. The number of ether oxygens (including phenoxy) is 1. The van der Waals surface area contributed by atoms with Gasteiger partial charge in [-0.1, -0.05) is 6.07 Å². The Kier molecular flexibility index (Phi) is 5.22. The van der Waals surface area contributed by atoms with Crippen LogP contribution in [0.2, 0.25) is 0 Å². The van der Waals surface area contributed by atoms with Crippen molar-refractivity contribution in [2.24, 2.45) is 5.84 Å². The van der Waals surface area contributed by atoms with Crippen LogP contribution in [0, 0.1) is 0 Å². The highest BCUT2D eigenvalue weighted by atomic mass is 16.5. The number of hydrogen-bond acceptors (Lipinski definition) is 3. The smallest absolute Gasteiger partial charge is 0.233 e. The third-order valence-electron chi connectivity index (χ3n) is 3.35. The monoisotopic (exact) mass is 289 g/mol. The van der Waals surface area contributed by atoms with Gasteiger partial charge in [0.15, 0.2) is 0 Å². The number of carbonyl (C=O) groups is 1. The molecule has 1 heterocycles. The summed E-state index contributed by atoms with van der Waals surface area (Å²) < 4.78 is 8.03. The van der Waals surface area contributed by atoms with Crippen molar-refractivity contribution < 1.29 is 9.53 Å². The minimum atomic E-state index is -0.111. The first-order valence-corrected chi connectivity index (χ1v) is 7.35. The van der Waals surface area contributed by atoms with Crippen LogP contribution in [0.1, 0.15) is 33.1 Å². The van der Waals surface area contributed by atoms with Crippen LogP contribution in [-0.2, 0) is 11.3 Å². The fourth-order valence-corrected chi connectivity index (χ4v) is 2.39. The molecule has 0 aliphatic heterocycles. The maximum atomic E-state index is 11.1. The summed E-state index contributed by atoms with van der Waals surface area (Å²) in [6.45, 7) is 4.93. The van der Waals surface area contributed by atoms with E-state index in [0.717, 1.165) is 36.0 Å². The molecular weight excluding hydrogens is 266 g/mol. The molecule has 0 aliphatic rings. The van der Waals surface area contributed by atoms with E-state index < -0.39 is 0 Å². The van der Waals surface area contributed by atoms with Crippen LogP contribution in [-0.4, -0.2) is 16.6 Å². The fraction of sp³-hybridized carbons (Fsp3) is 0.438. The van der Waals surface area contributed by atoms with E-state index in [0.29, 0.717) is 6.42 Å². The van der Waals surface area contributed by atoms with Gasteiger partial charge in [0, 0.05) is 24.5 Å². The van der Waals surface area contributed by atoms with Crippen LogP contribution in [0.25, 0.3) is 10.9 Å². The molecule has 0 aliphatic carbocycles. The molecule has 3 N–H and O–H groups in total. The summed E-state index contributed by atoms with van der Waals surface area (Å²) in [6.07, 6.45) is 4.46. The van der Waals surface area contributed by atoms with Gasteiger partial charge in [-0.3, -0.25) is 10.2 Å². The van der Waals surface area contributed by atoms with Gasteiger partial charge in [0.1, 0.15) is 5.75 Å².